The molecule has 0 radical (unpaired) electrons. The predicted molar refractivity (Wildman–Crippen MR) is 121 cm³/mol. The van der Waals surface area contributed by atoms with Crippen molar-refractivity contribution in [1.82, 2.24) is 5.32 Å². The molecule has 4 nitrogen and oxygen atoms in total. The van der Waals surface area contributed by atoms with Gasteiger partial charge in [0.15, 0.2) is 0 Å². The van der Waals surface area contributed by atoms with Gasteiger partial charge in [-0.2, -0.15) is 0 Å². The lowest BCUT2D eigenvalue weighted by Crippen LogP contribution is -2.61. The van der Waals surface area contributed by atoms with Crippen LogP contribution in [0.15, 0.2) is 23.3 Å². The van der Waals surface area contributed by atoms with Gasteiger partial charge >= 0.3 is 0 Å². The van der Waals surface area contributed by atoms with Gasteiger partial charge in [0.25, 0.3) is 0 Å². The normalized spacial score (nSPS) is 58.1. The van der Waals surface area contributed by atoms with Crippen LogP contribution in [0.1, 0.15) is 72.6 Å². The lowest BCUT2D eigenvalue weighted by Gasteiger charge is -2.53. The van der Waals surface area contributed by atoms with Crippen molar-refractivity contribution in [2.75, 3.05) is 6.54 Å². The van der Waals surface area contributed by atoms with Crippen LogP contribution in [-0.4, -0.2) is 46.2 Å². The number of nitrogens with one attached hydrogen (secondary N) is 1. The van der Waals surface area contributed by atoms with Gasteiger partial charge in [-0.3, -0.25) is 0 Å². The first kappa shape index (κ1) is 20.9. The third kappa shape index (κ3) is 2.62. The fraction of sp³-hybridized carbons (Fsp3) is 0.852. The molecular weight excluding hydrogens is 386 g/mol. The van der Waals surface area contributed by atoms with E-state index in [-0.39, 0.29) is 17.6 Å². The number of aliphatic hydroxyl groups excluding tert-OH is 1. The molecule has 2 saturated heterocycles. The van der Waals surface area contributed by atoms with Crippen molar-refractivity contribution in [2.24, 2.45) is 35.0 Å². The molecule has 2 saturated carbocycles. The minimum atomic E-state index is -0.917. The number of fused-ring (bicyclic) bond motifs is 6. The fourth-order valence-electron chi connectivity index (χ4n) is 9.06. The Kier molecular flexibility index (Phi) is 4.50. The number of hydrogen-bond acceptors (Lipinski definition) is 4. The highest BCUT2D eigenvalue weighted by atomic mass is 16.5. The fourth-order valence-corrected chi connectivity index (χ4v) is 9.06. The minimum absolute atomic E-state index is 0.142. The Hall–Kier alpha value is -0.680. The Morgan fingerprint density at radius 1 is 1.16 bits per heavy atom. The standard InChI is InChI=1S/C27H41NO3/c1-15-11-23-24(28-14-15)16(2)27(31-23)10-8-20-19-6-5-17-12-18(29)7-9-25(17,3)21(19)13-22(20)26(27,4)30/h5,13,15-16,18-21,23-24,28-30H,6-12,14H2,1-4H3/t15-,16+,18-,19-,20-,21-,23+,24-,25-,26+,27+/m0/s1. The number of hydrogen-bond donors (Lipinski definition) is 3. The number of aliphatic hydroxyl groups is 2. The number of rotatable bonds is 0. The highest BCUT2D eigenvalue weighted by Gasteiger charge is 2.67. The topological polar surface area (TPSA) is 61.7 Å². The Morgan fingerprint density at radius 2 is 1.97 bits per heavy atom. The second kappa shape index (κ2) is 6.68. The van der Waals surface area contributed by atoms with Gasteiger partial charge in [-0.25, -0.2) is 0 Å². The molecule has 0 bridgehead atoms. The van der Waals surface area contributed by atoms with E-state index in [1.54, 1.807) is 0 Å². The SMILES string of the molecule is C[C@@H]1CN[C@H]2[C@@H](C)[C@@]3(CC[C@@H]4C(=C[C@H]5[C@H]4CC=C4C[C@@H](O)CC[C@@]45C)[C@@]3(C)O)O[C@@H]2C1. The molecule has 0 unspecified atom stereocenters. The molecule has 11 atom stereocenters. The van der Waals surface area contributed by atoms with Crippen LogP contribution in [0.4, 0.5) is 0 Å². The van der Waals surface area contributed by atoms with E-state index in [0.29, 0.717) is 35.6 Å². The summed E-state index contributed by atoms with van der Waals surface area (Å²) in [6.07, 6.45) is 12.1. The summed E-state index contributed by atoms with van der Waals surface area (Å²) >= 11 is 0. The van der Waals surface area contributed by atoms with Gasteiger partial charge in [-0.15, -0.1) is 0 Å². The summed E-state index contributed by atoms with van der Waals surface area (Å²) < 4.78 is 6.90. The van der Waals surface area contributed by atoms with Gasteiger partial charge in [0.2, 0.25) is 0 Å². The van der Waals surface area contributed by atoms with Crippen molar-refractivity contribution < 1.29 is 14.9 Å². The van der Waals surface area contributed by atoms with Gasteiger partial charge < -0.3 is 20.3 Å². The smallest absolute Gasteiger partial charge is 0.112 e. The van der Waals surface area contributed by atoms with Crippen LogP contribution in [0.5, 0.6) is 0 Å². The van der Waals surface area contributed by atoms with Crippen LogP contribution in [0.2, 0.25) is 0 Å². The molecule has 31 heavy (non-hydrogen) atoms. The lowest BCUT2D eigenvalue weighted by molar-refractivity contribution is -0.187. The molecule has 2 heterocycles. The predicted octanol–water partition coefficient (Wildman–Crippen LogP) is 3.97. The van der Waals surface area contributed by atoms with E-state index < -0.39 is 11.2 Å². The van der Waals surface area contributed by atoms with Gasteiger partial charge in [-0.05, 0) is 93.1 Å². The largest absolute Gasteiger partial charge is 0.393 e. The Labute approximate surface area is 187 Å². The summed E-state index contributed by atoms with van der Waals surface area (Å²) in [5.74, 6) is 2.49. The maximum Gasteiger partial charge on any atom is 0.112 e. The summed E-state index contributed by atoms with van der Waals surface area (Å²) in [6.45, 7) is 10.2. The van der Waals surface area contributed by atoms with Crippen LogP contribution in [-0.2, 0) is 4.74 Å². The third-order valence-corrected chi connectivity index (χ3v) is 10.9. The zero-order chi connectivity index (χ0) is 21.8. The van der Waals surface area contributed by atoms with E-state index >= 15 is 0 Å². The maximum atomic E-state index is 12.3. The van der Waals surface area contributed by atoms with Crippen molar-refractivity contribution in [3.63, 3.8) is 0 Å². The van der Waals surface area contributed by atoms with Gasteiger partial charge in [-0.1, -0.05) is 38.5 Å². The highest BCUT2D eigenvalue weighted by Crippen LogP contribution is 2.65. The van der Waals surface area contributed by atoms with Crippen LogP contribution >= 0.6 is 0 Å². The second-order valence-electron chi connectivity index (χ2n) is 12.4. The first-order chi connectivity index (χ1) is 14.7. The number of ether oxygens (including phenoxy) is 1. The van der Waals surface area contributed by atoms with Crippen molar-refractivity contribution in [3.8, 4) is 0 Å². The quantitative estimate of drug-likeness (QED) is 0.512. The number of piperidine rings is 1. The average molecular weight is 428 g/mol. The first-order valence-corrected chi connectivity index (χ1v) is 12.9. The van der Waals surface area contributed by atoms with Crippen molar-refractivity contribution >= 4 is 0 Å². The third-order valence-electron chi connectivity index (χ3n) is 10.9. The van der Waals surface area contributed by atoms with E-state index in [4.69, 9.17) is 4.74 Å². The average Bonchev–Trinajstić information content (AvgIpc) is 3.24. The molecule has 172 valence electrons. The zero-order valence-electron chi connectivity index (χ0n) is 19.7. The molecule has 4 heteroatoms. The first-order valence-electron chi connectivity index (χ1n) is 12.9. The lowest BCUT2D eigenvalue weighted by atomic mass is 9.55. The van der Waals surface area contributed by atoms with Crippen molar-refractivity contribution in [1.29, 1.82) is 0 Å². The molecule has 1 spiro atoms. The van der Waals surface area contributed by atoms with Gasteiger partial charge in [0, 0.05) is 12.0 Å². The summed E-state index contributed by atoms with van der Waals surface area (Å²) in [5.41, 5.74) is 1.49. The van der Waals surface area contributed by atoms with Crippen molar-refractivity contribution in [2.45, 2.75) is 102 Å². The molecule has 4 fully saturated rings. The summed E-state index contributed by atoms with van der Waals surface area (Å²) in [4.78, 5) is 0. The summed E-state index contributed by atoms with van der Waals surface area (Å²) in [7, 11) is 0. The molecule has 3 N–H and O–H groups in total. The molecule has 0 aromatic rings. The Balaban J connectivity index is 1.36. The monoisotopic (exact) mass is 427 g/mol. The molecule has 0 aromatic carbocycles. The Morgan fingerprint density at radius 3 is 2.77 bits per heavy atom. The van der Waals surface area contributed by atoms with E-state index in [1.165, 1.54) is 11.1 Å². The number of allylic oxidation sites excluding steroid dienone is 2. The van der Waals surface area contributed by atoms with Gasteiger partial charge in [0.1, 0.15) is 11.2 Å². The molecule has 0 aromatic heterocycles. The van der Waals surface area contributed by atoms with Crippen LogP contribution in [0.3, 0.4) is 0 Å². The molecule has 2 aliphatic heterocycles. The van der Waals surface area contributed by atoms with Crippen LogP contribution < -0.4 is 5.32 Å². The van der Waals surface area contributed by atoms with Gasteiger partial charge in [0.05, 0.1) is 12.2 Å². The van der Waals surface area contributed by atoms with E-state index in [9.17, 15) is 10.2 Å². The molecule has 6 rings (SSSR count). The van der Waals surface area contributed by atoms with Crippen LogP contribution in [0, 0.1) is 35.0 Å². The van der Waals surface area contributed by atoms with Crippen molar-refractivity contribution in [3.05, 3.63) is 23.3 Å². The summed E-state index contributed by atoms with van der Waals surface area (Å²) in [6, 6.07) is 0.356. The molecular formula is C27H41NO3. The maximum absolute atomic E-state index is 12.3. The van der Waals surface area contributed by atoms with E-state index in [1.807, 2.05) is 0 Å². The minimum Gasteiger partial charge on any atom is -0.393 e. The van der Waals surface area contributed by atoms with E-state index in [2.05, 4.69) is 45.2 Å². The summed E-state index contributed by atoms with van der Waals surface area (Å²) in [5, 5.41) is 26.3. The second-order valence-corrected chi connectivity index (χ2v) is 12.4. The molecule has 6 aliphatic rings. The zero-order valence-corrected chi connectivity index (χ0v) is 19.7. The highest BCUT2D eigenvalue weighted by molar-refractivity contribution is 5.40. The Bertz CT molecular complexity index is 832. The molecule has 0 amide bonds. The molecule has 4 aliphatic carbocycles. The van der Waals surface area contributed by atoms with Crippen LogP contribution in [0.25, 0.3) is 0 Å². The van der Waals surface area contributed by atoms with E-state index in [0.717, 1.165) is 51.5 Å².